The second-order valence-corrected chi connectivity index (χ2v) is 1.16. The van der Waals surface area contributed by atoms with E-state index in [0.29, 0.717) is 0 Å². The summed E-state index contributed by atoms with van der Waals surface area (Å²) in [5.74, 6) is 0. The SMILES string of the molecule is COCOCO[Si]. The number of methoxy groups -OCH3 is 1. The Balaban J connectivity index is 2.45. The van der Waals surface area contributed by atoms with Gasteiger partial charge in [-0.3, -0.25) is 0 Å². The Morgan fingerprint density at radius 2 is 2.14 bits per heavy atom. The third-order valence-corrected chi connectivity index (χ3v) is 0.461. The highest BCUT2D eigenvalue weighted by atomic mass is 28.2. The Kier molecular flexibility index (Phi) is 6.18. The minimum atomic E-state index is 0.213. The highest BCUT2D eigenvalue weighted by molar-refractivity contribution is 5.97. The molecule has 7 heavy (non-hydrogen) atoms. The second-order valence-electron chi connectivity index (χ2n) is 0.873. The van der Waals surface area contributed by atoms with Crippen molar-refractivity contribution in [2.45, 2.75) is 0 Å². The molecule has 0 aromatic carbocycles. The van der Waals surface area contributed by atoms with E-state index in [1.54, 1.807) is 7.11 Å². The molecule has 0 aliphatic heterocycles. The zero-order chi connectivity index (χ0) is 5.54. The molecule has 0 amide bonds. The molecule has 0 aromatic rings. The topological polar surface area (TPSA) is 27.7 Å². The van der Waals surface area contributed by atoms with Crippen molar-refractivity contribution in [3.05, 3.63) is 0 Å². The summed E-state index contributed by atoms with van der Waals surface area (Å²) in [6.45, 7) is 0.481. The number of hydrogen-bond donors (Lipinski definition) is 0. The van der Waals surface area contributed by atoms with Crippen molar-refractivity contribution in [3.8, 4) is 0 Å². The fraction of sp³-hybridized carbons (Fsp3) is 1.00. The van der Waals surface area contributed by atoms with Gasteiger partial charge in [-0.05, 0) is 0 Å². The van der Waals surface area contributed by atoms with Gasteiger partial charge in [0.1, 0.15) is 13.6 Å². The summed E-state index contributed by atoms with van der Waals surface area (Å²) in [5.41, 5.74) is 0. The van der Waals surface area contributed by atoms with Gasteiger partial charge in [-0.15, -0.1) is 0 Å². The number of rotatable bonds is 4. The fourth-order valence-electron chi connectivity index (χ4n) is 0.159. The molecule has 0 aliphatic carbocycles. The molecule has 3 nitrogen and oxygen atoms in total. The Labute approximate surface area is 46.1 Å². The van der Waals surface area contributed by atoms with Gasteiger partial charge >= 0.3 is 0 Å². The van der Waals surface area contributed by atoms with Crippen LogP contribution in [0.4, 0.5) is 0 Å². The zero-order valence-corrected chi connectivity index (χ0v) is 5.14. The van der Waals surface area contributed by atoms with Crippen molar-refractivity contribution < 1.29 is 13.9 Å². The lowest BCUT2D eigenvalue weighted by Gasteiger charge is -1.97. The van der Waals surface area contributed by atoms with Crippen LogP contribution in [-0.4, -0.2) is 31.2 Å². The lowest BCUT2D eigenvalue weighted by atomic mass is 11.3. The maximum atomic E-state index is 4.64. The van der Waals surface area contributed by atoms with E-state index in [1.165, 1.54) is 0 Å². The summed E-state index contributed by atoms with van der Waals surface area (Å²) in [4.78, 5) is 0. The van der Waals surface area contributed by atoms with Crippen LogP contribution in [0.1, 0.15) is 0 Å². The molecule has 0 saturated heterocycles. The first-order chi connectivity index (χ1) is 3.41. The van der Waals surface area contributed by atoms with Crippen molar-refractivity contribution in [2.75, 3.05) is 20.7 Å². The molecular weight excluding hydrogens is 112 g/mol. The van der Waals surface area contributed by atoms with Crippen molar-refractivity contribution in [1.29, 1.82) is 0 Å². The molecule has 0 heterocycles. The second kappa shape index (κ2) is 6.10. The molecule has 0 bridgehead atoms. The van der Waals surface area contributed by atoms with Gasteiger partial charge in [0.2, 0.25) is 10.5 Å². The minimum absolute atomic E-state index is 0.213. The summed E-state index contributed by atoms with van der Waals surface area (Å²) in [5, 5.41) is 0. The van der Waals surface area contributed by atoms with Crippen LogP contribution in [0, 0.1) is 0 Å². The van der Waals surface area contributed by atoms with E-state index in [9.17, 15) is 0 Å². The fourth-order valence-corrected chi connectivity index (χ4v) is 0.242. The molecule has 41 valence electrons. The lowest BCUT2D eigenvalue weighted by molar-refractivity contribution is -0.0817. The van der Waals surface area contributed by atoms with Crippen LogP contribution in [0.25, 0.3) is 0 Å². The van der Waals surface area contributed by atoms with Gasteiger partial charge in [0.15, 0.2) is 0 Å². The number of ether oxygens (including phenoxy) is 2. The summed E-state index contributed by atoms with van der Waals surface area (Å²) < 4.78 is 13.5. The van der Waals surface area contributed by atoms with E-state index in [0.717, 1.165) is 0 Å². The van der Waals surface area contributed by atoms with Crippen molar-refractivity contribution in [3.63, 3.8) is 0 Å². The monoisotopic (exact) mass is 119 g/mol. The van der Waals surface area contributed by atoms with E-state index < -0.39 is 0 Å². The largest absolute Gasteiger partial charge is 0.397 e. The summed E-state index contributed by atoms with van der Waals surface area (Å²) in [6, 6.07) is 0. The van der Waals surface area contributed by atoms with E-state index in [2.05, 4.69) is 24.4 Å². The van der Waals surface area contributed by atoms with Crippen LogP contribution >= 0.6 is 0 Å². The van der Waals surface area contributed by atoms with Crippen molar-refractivity contribution in [1.82, 2.24) is 0 Å². The molecule has 0 N–H and O–H groups in total. The minimum Gasteiger partial charge on any atom is -0.397 e. The van der Waals surface area contributed by atoms with E-state index in [1.807, 2.05) is 0 Å². The molecule has 0 unspecified atom stereocenters. The molecular formula is C3H7O3Si. The molecule has 0 aliphatic rings. The average Bonchev–Trinajstić information content (AvgIpc) is 1.69. The van der Waals surface area contributed by atoms with Crippen LogP contribution in [0.5, 0.6) is 0 Å². The molecule has 0 spiro atoms. The molecule has 0 fully saturated rings. The van der Waals surface area contributed by atoms with E-state index in [4.69, 9.17) is 0 Å². The Hall–Kier alpha value is 0.0969. The standard InChI is InChI=1S/C3H7O3Si/c1-4-2-5-3-6-7/h2-3H2,1H3. The Morgan fingerprint density at radius 3 is 2.57 bits per heavy atom. The summed E-state index contributed by atoms with van der Waals surface area (Å²) >= 11 is 0. The van der Waals surface area contributed by atoms with Gasteiger partial charge < -0.3 is 13.9 Å². The smallest absolute Gasteiger partial charge is 0.249 e. The Bertz CT molecular complexity index is 29.4. The molecule has 0 atom stereocenters. The van der Waals surface area contributed by atoms with Gasteiger partial charge in [0.25, 0.3) is 0 Å². The normalized spacial score (nSPS) is 9.43. The summed E-state index contributed by atoms with van der Waals surface area (Å²) in [7, 11) is 4.29. The van der Waals surface area contributed by atoms with E-state index in [-0.39, 0.29) is 13.6 Å². The van der Waals surface area contributed by atoms with Gasteiger partial charge in [-0.2, -0.15) is 0 Å². The van der Waals surface area contributed by atoms with Crippen molar-refractivity contribution in [2.24, 2.45) is 0 Å². The molecule has 0 aromatic heterocycles. The highest BCUT2D eigenvalue weighted by Crippen LogP contribution is 1.71. The van der Waals surface area contributed by atoms with Gasteiger partial charge in [0.05, 0.1) is 0 Å². The lowest BCUT2D eigenvalue weighted by Crippen LogP contribution is -1.99. The zero-order valence-electron chi connectivity index (χ0n) is 4.14. The van der Waals surface area contributed by atoms with Gasteiger partial charge in [0, 0.05) is 7.11 Å². The number of hydrogen-bond acceptors (Lipinski definition) is 3. The van der Waals surface area contributed by atoms with Crippen LogP contribution in [0.15, 0.2) is 0 Å². The third-order valence-electron chi connectivity index (χ3n) is 0.343. The van der Waals surface area contributed by atoms with Gasteiger partial charge in [-0.1, -0.05) is 0 Å². The molecule has 0 rings (SSSR count). The average molecular weight is 119 g/mol. The Morgan fingerprint density at radius 1 is 1.43 bits per heavy atom. The quantitative estimate of drug-likeness (QED) is 0.288. The third kappa shape index (κ3) is 6.10. The predicted molar refractivity (Wildman–Crippen MR) is 24.7 cm³/mol. The predicted octanol–water partition coefficient (Wildman–Crippen LogP) is -0.335. The maximum absolute atomic E-state index is 4.64. The first-order valence-electron chi connectivity index (χ1n) is 1.77. The molecule has 3 radical (unpaired) electrons. The maximum Gasteiger partial charge on any atom is 0.249 e. The molecule has 4 heteroatoms. The highest BCUT2D eigenvalue weighted by Gasteiger charge is 1.76. The first kappa shape index (κ1) is 7.10. The first-order valence-corrected chi connectivity index (χ1v) is 2.18. The molecule has 0 saturated carbocycles. The van der Waals surface area contributed by atoms with Crippen LogP contribution < -0.4 is 0 Å². The van der Waals surface area contributed by atoms with E-state index >= 15 is 0 Å². The van der Waals surface area contributed by atoms with Crippen molar-refractivity contribution >= 4 is 10.5 Å². The summed E-state index contributed by atoms with van der Waals surface area (Å²) in [6.07, 6.45) is 0. The van der Waals surface area contributed by atoms with Gasteiger partial charge in [-0.25, -0.2) is 0 Å². The van der Waals surface area contributed by atoms with Crippen LogP contribution in [0.3, 0.4) is 0 Å². The van der Waals surface area contributed by atoms with Crippen LogP contribution in [-0.2, 0) is 13.9 Å². The van der Waals surface area contributed by atoms with Crippen LogP contribution in [0.2, 0.25) is 0 Å².